The Morgan fingerprint density at radius 2 is 2.00 bits per heavy atom. The summed E-state index contributed by atoms with van der Waals surface area (Å²) in [6.07, 6.45) is 1.44. The second-order valence-electron chi connectivity index (χ2n) is 4.56. The van der Waals surface area contributed by atoms with Crippen molar-refractivity contribution in [3.63, 3.8) is 0 Å². The van der Waals surface area contributed by atoms with Crippen molar-refractivity contribution < 1.29 is 19.4 Å². The van der Waals surface area contributed by atoms with E-state index in [9.17, 15) is 9.59 Å². The molecule has 7 nitrogen and oxygen atoms in total. The van der Waals surface area contributed by atoms with Crippen LogP contribution in [0.4, 0.5) is 0 Å². The van der Waals surface area contributed by atoms with E-state index in [0.717, 1.165) is 11.1 Å². The molecule has 0 aliphatic carbocycles. The molecule has 1 aromatic carbocycles. The number of benzene rings is 1. The first-order valence-corrected chi connectivity index (χ1v) is 6.30. The van der Waals surface area contributed by atoms with Gasteiger partial charge in [0.2, 0.25) is 0 Å². The number of carbonyl (C=O) groups excluding carboxylic acids is 1. The molecular formula is C14H15N3O4. The monoisotopic (exact) mass is 289 g/mol. The number of carboxylic acid groups (broad SMARTS) is 1. The van der Waals surface area contributed by atoms with Crippen LogP contribution < -0.4 is 0 Å². The Balaban J connectivity index is 2.08. The largest absolute Gasteiger partial charge is 0.481 e. The molecule has 0 fully saturated rings. The van der Waals surface area contributed by atoms with E-state index in [0.29, 0.717) is 6.54 Å². The molecule has 0 bridgehead atoms. The molecule has 0 saturated carbocycles. The Hall–Kier alpha value is -2.70. The van der Waals surface area contributed by atoms with Crippen LogP contribution in [-0.2, 0) is 16.1 Å². The normalized spacial score (nSPS) is 11.9. The quantitative estimate of drug-likeness (QED) is 0.834. The number of carboxylic acids is 1. The predicted molar refractivity (Wildman–Crippen MR) is 73.0 cm³/mol. The Morgan fingerprint density at radius 3 is 2.57 bits per heavy atom. The van der Waals surface area contributed by atoms with Crippen LogP contribution in [0.5, 0.6) is 0 Å². The van der Waals surface area contributed by atoms with E-state index in [4.69, 9.17) is 5.11 Å². The van der Waals surface area contributed by atoms with Crippen molar-refractivity contribution in [2.75, 3.05) is 7.11 Å². The van der Waals surface area contributed by atoms with E-state index >= 15 is 0 Å². The molecule has 0 spiro atoms. The fraction of sp³-hybridized carbons (Fsp3) is 0.286. The summed E-state index contributed by atoms with van der Waals surface area (Å²) in [7, 11) is 1.27. The first kappa shape index (κ1) is 14.7. The molecule has 1 N–H and O–H groups in total. The van der Waals surface area contributed by atoms with Gasteiger partial charge in [0.15, 0.2) is 0 Å². The zero-order valence-electron chi connectivity index (χ0n) is 11.7. The van der Waals surface area contributed by atoms with Crippen molar-refractivity contribution in [1.82, 2.24) is 14.8 Å². The first-order valence-electron chi connectivity index (χ1n) is 6.30. The molecule has 2 rings (SSSR count). The number of aromatic nitrogens is 3. The molecular weight excluding hydrogens is 274 g/mol. The Bertz CT molecular complexity index is 648. The maximum absolute atomic E-state index is 11.2. The topological polar surface area (TPSA) is 94.3 Å². The lowest BCUT2D eigenvalue weighted by molar-refractivity contribution is -0.138. The van der Waals surface area contributed by atoms with Gasteiger partial charge in [-0.25, -0.2) is 14.5 Å². The molecule has 0 saturated heterocycles. The van der Waals surface area contributed by atoms with E-state index in [1.807, 2.05) is 12.1 Å². The lowest BCUT2D eigenvalue weighted by atomic mass is 10.0. The van der Waals surface area contributed by atoms with E-state index < -0.39 is 17.9 Å². The summed E-state index contributed by atoms with van der Waals surface area (Å²) in [4.78, 5) is 26.0. The minimum absolute atomic E-state index is 0.00798. The fourth-order valence-electron chi connectivity index (χ4n) is 1.80. The average molecular weight is 289 g/mol. The smallest absolute Gasteiger partial charge is 0.377 e. The van der Waals surface area contributed by atoms with Gasteiger partial charge in [-0.05, 0) is 18.1 Å². The van der Waals surface area contributed by atoms with E-state index in [1.54, 1.807) is 19.1 Å². The highest BCUT2D eigenvalue weighted by atomic mass is 16.5. The molecule has 0 aliphatic heterocycles. The van der Waals surface area contributed by atoms with E-state index in [1.165, 1.54) is 18.1 Å². The van der Waals surface area contributed by atoms with Gasteiger partial charge in [0.1, 0.15) is 6.33 Å². The number of carbonyl (C=O) groups is 2. The van der Waals surface area contributed by atoms with Crippen molar-refractivity contribution in [3.8, 4) is 0 Å². The summed E-state index contributed by atoms with van der Waals surface area (Å²) >= 11 is 0. The molecule has 0 radical (unpaired) electrons. The van der Waals surface area contributed by atoms with Crippen LogP contribution in [0, 0.1) is 0 Å². The molecule has 110 valence electrons. The second-order valence-corrected chi connectivity index (χ2v) is 4.56. The highest BCUT2D eigenvalue weighted by Crippen LogP contribution is 2.16. The van der Waals surface area contributed by atoms with Crippen molar-refractivity contribution in [3.05, 3.63) is 47.5 Å². The lowest BCUT2D eigenvalue weighted by Gasteiger charge is -2.07. The van der Waals surface area contributed by atoms with Gasteiger partial charge in [-0.1, -0.05) is 24.3 Å². The SMILES string of the molecule is COC(=O)c1ncn(Cc2ccc(C(C)C(=O)O)cc2)n1. The summed E-state index contributed by atoms with van der Waals surface area (Å²) in [5.41, 5.74) is 1.66. The molecule has 1 unspecified atom stereocenters. The third-order valence-electron chi connectivity index (χ3n) is 3.10. The Labute approximate surface area is 121 Å². The summed E-state index contributed by atoms with van der Waals surface area (Å²) in [6.45, 7) is 2.07. The van der Waals surface area contributed by atoms with Gasteiger partial charge in [0.05, 0.1) is 19.6 Å². The van der Waals surface area contributed by atoms with Crippen LogP contribution in [0.3, 0.4) is 0 Å². The lowest BCUT2D eigenvalue weighted by Crippen LogP contribution is -2.08. The Kier molecular flexibility index (Phi) is 4.32. The minimum atomic E-state index is -0.859. The van der Waals surface area contributed by atoms with Gasteiger partial charge in [-0.15, -0.1) is 5.10 Å². The van der Waals surface area contributed by atoms with Crippen molar-refractivity contribution >= 4 is 11.9 Å². The zero-order valence-corrected chi connectivity index (χ0v) is 11.7. The number of rotatable bonds is 5. The van der Waals surface area contributed by atoms with E-state index in [2.05, 4.69) is 14.8 Å². The van der Waals surface area contributed by atoms with Crippen LogP contribution in [0.25, 0.3) is 0 Å². The van der Waals surface area contributed by atoms with E-state index in [-0.39, 0.29) is 5.82 Å². The van der Waals surface area contributed by atoms with Gasteiger partial charge in [0.25, 0.3) is 5.82 Å². The molecule has 21 heavy (non-hydrogen) atoms. The van der Waals surface area contributed by atoms with Gasteiger partial charge in [-0.2, -0.15) is 0 Å². The molecule has 1 aromatic heterocycles. The summed E-state index contributed by atoms with van der Waals surface area (Å²) in [6, 6.07) is 7.20. The summed E-state index contributed by atoms with van der Waals surface area (Å²) in [5, 5.41) is 13.0. The fourth-order valence-corrected chi connectivity index (χ4v) is 1.80. The maximum atomic E-state index is 11.2. The molecule has 1 heterocycles. The Morgan fingerprint density at radius 1 is 1.33 bits per heavy atom. The summed E-state index contributed by atoms with van der Waals surface area (Å²) < 4.78 is 6.05. The van der Waals surface area contributed by atoms with Crippen LogP contribution in [0.2, 0.25) is 0 Å². The molecule has 1 atom stereocenters. The average Bonchev–Trinajstić information content (AvgIpc) is 2.95. The highest BCUT2D eigenvalue weighted by molar-refractivity contribution is 5.84. The van der Waals surface area contributed by atoms with Gasteiger partial charge in [0, 0.05) is 0 Å². The highest BCUT2D eigenvalue weighted by Gasteiger charge is 2.14. The number of esters is 1. The van der Waals surface area contributed by atoms with Crippen LogP contribution in [-0.4, -0.2) is 38.9 Å². The van der Waals surface area contributed by atoms with Crippen LogP contribution in [0.15, 0.2) is 30.6 Å². The molecule has 2 aromatic rings. The number of nitrogens with zero attached hydrogens (tertiary/aromatic N) is 3. The van der Waals surface area contributed by atoms with Gasteiger partial charge >= 0.3 is 11.9 Å². The van der Waals surface area contributed by atoms with Gasteiger partial charge in [-0.3, -0.25) is 4.79 Å². The van der Waals surface area contributed by atoms with Crippen molar-refractivity contribution in [2.45, 2.75) is 19.4 Å². The number of methoxy groups -OCH3 is 1. The third-order valence-corrected chi connectivity index (χ3v) is 3.10. The predicted octanol–water partition coefficient (Wildman–Crippen LogP) is 1.30. The summed E-state index contributed by atoms with van der Waals surface area (Å²) in [5.74, 6) is -1.98. The standard InChI is InChI=1S/C14H15N3O4/c1-9(13(18)19)11-5-3-10(4-6-11)7-17-8-15-12(16-17)14(20)21-2/h3-6,8-9H,7H2,1-2H3,(H,18,19). The minimum Gasteiger partial charge on any atom is -0.481 e. The van der Waals surface area contributed by atoms with Crippen molar-refractivity contribution in [1.29, 1.82) is 0 Å². The van der Waals surface area contributed by atoms with Crippen molar-refractivity contribution in [2.24, 2.45) is 0 Å². The number of hydrogen-bond acceptors (Lipinski definition) is 5. The molecule has 7 heteroatoms. The van der Waals surface area contributed by atoms with Crippen LogP contribution in [0.1, 0.15) is 34.6 Å². The zero-order chi connectivity index (χ0) is 15.4. The molecule has 0 amide bonds. The molecule has 0 aliphatic rings. The maximum Gasteiger partial charge on any atom is 0.377 e. The number of ether oxygens (including phenoxy) is 1. The third kappa shape index (κ3) is 3.44. The van der Waals surface area contributed by atoms with Gasteiger partial charge < -0.3 is 9.84 Å². The number of aliphatic carboxylic acids is 1. The van der Waals surface area contributed by atoms with Crippen LogP contribution >= 0.6 is 0 Å². The number of hydrogen-bond donors (Lipinski definition) is 1. The second kappa shape index (κ2) is 6.17. The first-order chi connectivity index (χ1) is 10.0.